The zero-order chi connectivity index (χ0) is 12.0. The van der Waals surface area contributed by atoms with Gasteiger partial charge in [0.25, 0.3) is 0 Å². The molecule has 2 N–H and O–H groups in total. The van der Waals surface area contributed by atoms with Crippen molar-refractivity contribution < 1.29 is 9.53 Å². The fraction of sp³-hybridized carbons (Fsp3) is 0.923. The molecular weight excluding hydrogens is 202 g/mol. The summed E-state index contributed by atoms with van der Waals surface area (Å²) in [5, 5.41) is 0. The van der Waals surface area contributed by atoms with Gasteiger partial charge in [-0.05, 0) is 38.0 Å². The Labute approximate surface area is 98.7 Å². The lowest BCUT2D eigenvalue weighted by atomic mass is 9.89. The van der Waals surface area contributed by atoms with E-state index in [1.807, 2.05) is 13.8 Å². The molecule has 2 unspecified atom stereocenters. The van der Waals surface area contributed by atoms with Crippen molar-refractivity contribution in [2.45, 2.75) is 52.0 Å². The van der Waals surface area contributed by atoms with Gasteiger partial charge in [-0.15, -0.1) is 0 Å². The van der Waals surface area contributed by atoms with E-state index in [1.165, 1.54) is 0 Å². The Hall–Kier alpha value is -0.410. The van der Waals surface area contributed by atoms with Crippen LogP contribution in [0.3, 0.4) is 0 Å². The molecule has 0 radical (unpaired) electrons. The highest BCUT2D eigenvalue weighted by molar-refractivity contribution is 5.85. The van der Waals surface area contributed by atoms with Gasteiger partial charge >= 0.3 is 0 Å². The molecule has 0 spiro atoms. The molecule has 0 aromatic carbocycles. The first kappa shape index (κ1) is 13.7. The molecule has 16 heavy (non-hydrogen) atoms. The van der Waals surface area contributed by atoms with E-state index in [9.17, 15) is 4.79 Å². The van der Waals surface area contributed by atoms with Gasteiger partial charge in [0.1, 0.15) is 0 Å². The third-order valence-corrected chi connectivity index (χ3v) is 3.69. The van der Waals surface area contributed by atoms with Crippen molar-refractivity contribution in [1.29, 1.82) is 0 Å². The van der Waals surface area contributed by atoms with Crippen LogP contribution in [0.5, 0.6) is 0 Å². The van der Waals surface area contributed by atoms with E-state index < -0.39 is 0 Å². The Morgan fingerprint density at radius 1 is 1.44 bits per heavy atom. The topological polar surface area (TPSA) is 52.3 Å². The molecule has 94 valence electrons. The van der Waals surface area contributed by atoms with Crippen LogP contribution in [-0.4, -0.2) is 25.0 Å². The summed E-state index contributed by atoms with van der Waals surface area (Å²) in [6.45, 7) is 5.75. The van der Waals surface area contributed by atoms with E-state index in [0.29, 0.717) is 5.92 Å². The van der Waals surface area contributed by atoms with Crippen LogP contribution < -0.4 is 5.73 Å². The molecule has 2 atom stereocenters. The first-order valence-electron chi connectivity index (χ1n) is 6.52. The van der Waals surface area contributed by atoms with Crippen LogP contribution in [0.4, 0.5) is 0 Å². The molecular formula is C13H25NO2. The van der Waals surface area contributed by atoms with E-state index in [4.69, 9.17) is 10.5 Å². The monoisotopic (exact) mass is 227 g/mol. The highest BCUT2D eigenvalue weighted by Gasteiger charge is 2.21. The predicted molar refractivity (Wildman–Crippen MR) is 65.2 cm³/mol. The number of Topliss-reactive ketones (excluding diaryl/α,β-unsaturated/α-hetero) is 1. The minimum Gasteiger partial charge on any atom is -0.381 e. The third-order valence-electron chi connectivity index (χ3n) is 3.69. The van der Waals surface area contributed by atoms with Gasteiger partial charge in [0.05, 0.1) is 6.04 Å². The Morgan fingerprint density at radius 3 is 2.62 bits per heavy atom. The molecule has 0 aromatic rings. The van der Waals surface area contributed by atoms with Crippen LogP contribution in [0.1, 0.15) is 46.0 Å². The quantitative estimate of drug-likeness (QED) is 0.756. The standard InChI is InChI=1S/C13H25NO2/c1-3-10(2)13(15)12(14)5-4-11-6-8-16-9-7-11/h10-12H,3-9,14H2,1-2H3. The Morgan fingerprint density at radius 2 is 2.06 bits per heavy atom. The second-order valence-corrected chi connectivity index (χ2v) is 4.95. The summed E-state index contributed by atoms with van der Waals surface area (Å²) in [4.78, 5) is 11.8. The smallest absolute Gasteiger partial charge is 0.152 e. The Kier molecular flexibility index (Phi) is 5.99. The summed E-state index contributed by atoms with van der Waals surface area (Å²) in [5.74, 6) is 1.06. The van der Waals surface area contributed by atoms with Gasteiger partial charge in [0.15, 0.2) is 5.78 Å². The van der Waals surface area contributed by atoms with Crippen LogP contribution in [-0.2, 0) is 9.53 Å². The van der Waals surface area contributed by atoms with Gasteiger partial charge in [-0.25, -0.2) is 0 Å². The van der Waals surface area contributed by atoms with Crippen molar-refractivity contribution >= 4 is 5.78 Å². The van der Waals surface area contributed by atoms with Crippen molar-refractivity contribution in [3.8, 4) is 0 Å². The molecule has 1 fully saturated rings. The van der Waals surface area contributed by atoms with Crippen LogP contribution in [0.25, 0.3) is 0 Å². The Bertz CT molecular complexity index is 212. The summed E-state index contributed by atoms with van der Waals surface area (Å²) in [6.07, 6.45) is 5.07. The van der Waals surface area contributed by atoms with Gasteiger partial charge in [-0.3, -0.25) is 4.79 Å². The summed E-state index contributed by atoms with van der Waals surface area (Å²) in [5.41, 5.74) is 5.93. The molecule has 1 rings (SSSR count). The molecule has 1 heterocycles. The van der Waals surface area contributed by atoms with E-state index in [2.05, 4.69) is 0 Å². The van der Waals surface area contributed by atoms with Crippen LogP contribution in [0.15, 0.2) is 0 Å². The second kappa shape index (κ2) is 7.02. The molecule has 1 aliphatic heterocycles. The third kappa shape index (κ3) is 4.22. The Balaban J connectivity index is 2.22. The number of rotatable bonds is 6. The highest BCUT2D eigenvalue weighted by atomic mass is 16.5. The van der Waals surface area contributed by atoms with Crippen molar-refractivity contribution in [2.75, 3.05) is 13.2 Å². The van der Waals surface area contributed by atoms with E-state index in [-0.39, 0.29) is 17.7 Å². The molecule has 0 bridgehead atoms. The predicted octanol–water partition coefficient (Wildman–Crippen LogP) is 2.14. The fourth-order valence-electron chi connectivity index (χ4n) is 2.16. The maximum absolute atomic E-state index is 11.8. The molecule has 1 saturated heterocycles. The van der Waals surface area contributed by atoms with Crippen molar-refractivity contribution in [3.05, 3.63) is 0 Å². The molecule has 0 aromatic heterocycles. The average Bonchev–Trinajstić information content (AvgIpc) is 2.35. The number of carbonyl (C=O) groups excluding carboxylic acids is 1. The molecule has 0 amide bonds. The van der Waals surface area contributed by atoms with Crippen molar-refractivity contribution in [2.24, 2.45) is 17.6 Å². The average molecular weight is 227 g/mol. The van der Waals surface area contributed by atoms with Crippen molar-refractivity contribution in [3.63, 3.8) is 0 Å². The van der Waals surface area contributed by atoms with Crippen molar-refractivity contribution in [1.82, 2.24) is 0 Å². The van der Waals surface area contributed by atoms with Gasteiger partial charge in [-0.2, -0.15) is 0 Å². The first-order chi connectivity index (χ1) is 7.65. The van der Waals surface area contributed by atoms with E-state index in [1.54, 1.807) is 0 Å². The summed E-state index contributed by atoms with van der Waals surface area (Å²) >= 11 is 0. The van der Waals surface area contributed by atoms with Crippen LogP contribution in [0, 0.1) is 11.8 Å². The molecule has 0 aliphatic carbocycles. The van der Waals surface area contributed by atoms with Gasteiger partial charge in [-0.1, -0.05) is 13.8 Å². The van der Waals surface area contributed by atoms with E-state index >= 15 is 0 Å². The largest absolute Gasteiger partial charge is 0.381 e. The normalized spacial score (nSPS) is 21.7. The minimum atomic E-state index is -0.252. The maximum atomic E-state index is 11.8. The maximum Gasteiger partial charge on any atom is 0.152 e. The molecule has 3 heteroatoms. The number of hydrogen-bond donors (Lipinski definition) is 1. The molecule has 3 nitrogen and oxygen atoms in total. The number of ketones is 1. The summed E-state index contributed by atoms with van der Waals surface area (Å²) in [6, 6.07) is -0.252. The lowest BCUT2D eigenvalue weighted by molar-refractivity contribution is -0.123. The van der Waals surface area contributed by atoms with E-state index in [0.717, 1.165) is 45.3 Å². The number of nitrogens with two attached hydrogens (primary N) is 1. The van der Waals surface area contributed by atoms with Gasteiger partial charge in [0, 0.05) is 19.1 Å². The lowest BCUT2D eigenvalue weighted by Gasteiger charge is -2.23. The summed E-state index contributed by atoms with van der Waals surface area (Å²) in [7, 11) is 0. The molecule has 0 saturated carbocycles. The highest BCUT2D eigenvalue weighted by Crippen LogP contribution is 2.21. The van der Waals surface area contributed by atoms with Gasteiger partial charge < -0.3 is 10.5 Å². The second-order valence-electron chi connectivity index (χ2n) is 4.95. The zero-order valence-electron chi connectivity index (χ0n) is 10.6. The zero-order valence-corrected chi connectivity index (χ0v) is 10.6. The number of carbonyl (C=O) groups is 1. The molecule has 1 aliphatic rings. The van der Waals surface area contributed by atoms with Gasteiger partial charge in [0.2, 0.25) is 0 Å². The van der Waals surface area contributed by atoms with Crippen LogP contribution >= 0.6 is 0 Å². The SMILES string of the molecule is CCC(C)C(=O)C(N)CCC1CCOCC1. The van der Waals surface area contributed by atoms with Crippen LogP contribution in [0.2, 0.25) is 0 Å². The minimum absolute atomic E-state index is 0.115. The first-order valence-corrected chi connectivity index (χ1v) is 6.52. The summed E-state index contributed by atoms with van der Waals surface area (Å²) < 4.78 is 5.31. The fourth-order valence-corrected chi connectivity index (χ4v) is 2.16. The number of ether oxygens (including phenoxy) is 1. The lowest BCUT2D eigenvalue weighted by Crippen LogP contribution is -2.35. The number of hydrogen-bond acceptors (Lipinski definition) is 3.